The summed E-state index contributed by atoms with van der Waals surface area (Å²) in [6, 6.07) is 0. The van der Waals surface area contributed by atoms with Gasteiger partial charge in [-0.3, -0.25) is 0 Å². The molecule has 0 spiro atoms. The first-order chi connectivity index (χ1) is 21.1. The molecule has 0 aliphatic carbocycles. The van der Waals surface area contributed by atoms with Crippen LogP contribution in [0.25, 0.3) is 0 Å². The second-order valence-electron chi connectivity index (χ2n) is 9.42. The van der Waals surface area contributed by atoms with Crippen LogP contribution in [0.15, 0.2) is 0 Å². The number of hydrogen-bond acceptors (Lipinski definition) is 3. The van der Waals surface area contributed by atoms with Crippen molar-refractivity contribution in [3.05, 3.63) is 0 Å². The van der Waals surface area contributed by atoms with Crippen LogP contribution in [0, 0.1) is 0 Å². The van der Waals surface area contributed by atoms with Gasteiger partial charge in [0.25, 0.3) is 0 Å². The van der Waals surface area contributed by atoms with Crippen LogP contribution in [0.3, 0.4) is 0 Å². The third-order valence-corrected chi connectivity index (χ3v) is 9.21. The van der Waals surface area contributed by atoms with Gasteiger partial charge in [0, 0.05) is 32.7 Å². The monoisotopic (exact) mass is 810 g/mol. The molecule has 3 nitrogen and oxygen atoms in total. The summed E-state index contributed by atoms with van der Waals surface area (Å²) in [5.74, 6) is -89.2. The minimum absolute atomic E-state index is 0.573. The highest BCUT2D eigenvalue weighted by molar-refractivity contribution is 6.63. The Morgan fingerprint density at radius 3 is 0.776 bits per heavy atom. The van der Waals surface area contributed by atoms with E-state index in [1.54, 1.807) is 0 Å². The standard InChI is InChI=1S/C20H19F25O3Si/c1-4-46-49(47-5-2,48-6-3)20(44,45)19(42,43)18(40,41)17(38,39)16(36,37)15(34,35)14(32,33)13(30,31)12(28,29)11(26,27)9(21,22)7-8-10(23,24)25/h4-8H2,1-3H3. The summed E-state index contributed by atoms with van der Waals surface area (Å²) in [5, 5.41) is 0. The maximum absolute atomic E-state index is 14.9. The van der Waals surface area contributed by atoms with Crippen molar-refractivity contribution in [3.8, 4) is 0 Å². The lowest BCUT2D eigenvalue weighted by atomic mass is 9.85. The van der Waals surface area contributed by atoms with Crippen LogP contribution in [-0.4, -0.2) is 99.6 Å². The average molecular weight is 810 g/mol. The summed E-state index contributed by atoms with van der Waals surface area (Å²) in [7, 11) is -7.02. The summed E-state index contributed by atoms with van der Waals surface area (Å²) in [5.41, 5.74) is -7.22. The number of alkyl halides is 25. The van der Waals surface area contributed by atoms with Crippen molar-refractivity contribution in [2.24, 2.45) is 0 Å². The SMILES string of the molecule is CCO[Si](OCC)(OCC)C(F)(F)C(F)(F)C(F)(F)C(F)(F)C(F)(F)C(F)(F)C(F)(F)C(F)(F)C(F)(F)C(F)(F)C(F)(F)CCC(F)(F)F. The average Bonchev–Trinajstić information content (AvgIpc) is 2.90. The van der Waals surface area contributed by atoms with Crippen molar-refractivity contribution in [1.29, 1.82) is 0 Å². The third-order valence-electron chi connectivity index (χ3n) is 6.12. The summed E-state index contributed by atoms with van der Waals surface area (Å²) < 4.78 is 359. The largest absolute Gasteiger partial charge is 0.582 e. The van der Waals surface area contributed by atoms with Gasteiger partial charge in [-0.05, 0) is 20.8 Å². The van der Waals surface area contributed by atoms with Gasteiger partial charge in [-0.25, -0.2) is 0 Å². The molecule has 0 rings (SSSR count). The summed E-state index contributed by atoms with van der Waals surface area (Å²) >= 11 is 0. The first-order valence-electron chi connectivity index (χ1n) is 12.3. The molecule has 0 saturated heterocycles. The van der Waals surface area contributed by atoms with Gasteiger partial charge in [-0.1, -0.05) is 0 Å². The fourth-order valence-electron chi connectivity index (χ4n) is 3.42. The molecule has 0 aliphatic rings. The maximum atomic E-state index is 14.9. The molecule has 0 aromatic carbocycles. The predicted octanol–water partition coefficient (Wildman–Crippen LogP) is 9.90. The Labute approximate surface area is 257 Å². The lowest BCUT2D eigenvalue weighted by Gasteiger charge is -2.46. The summed E-state index contributed by atoms with van der Waals surface area (Å²) in [6.45, 7) is -2.36. The lowest BCUT2D eigenvalue weighted by Crippen LogP contribution is -2.80. The van der Waals surface area contributed by atoms with Gasteiger partial charge >= 0.3 is 79.8 Å². The molecule has 0 amide bonds. The van der Waals surface area contributed by atoms with Gasteiger partial charge in [0.05, 0.1) is 0 Å². The van der Waals surface area contributed by atoms with Crippen molar-refractivity contribution in [2.45, 2.75) is 105 Å². The molecule has 0 heterocycles. The van der Waals surface area contributed by atoms with Gasteiger partial charge in [0.2, 0.25) is 0 Å². The Morgan fingerprint density at radius 1 is 0.327 bits per heavy atom. The Bertz CT molecular complexity index is 1100. The quantitative estimate of drug-likeness (QED) is 0.0961. The van der Waals surface area contributed by atoms with E-state index >= 15 is 0 Å². The van der Waals surface area contributed by atoms with Crippen LogP contribution < -0.4 is 0 Å². The molecule has 0 aliphatic heterocycles. The number of halogens is 25. The minimum Gasteiger partial charge on any atom is -0.370 e. The molecule has 29 heteroatoms. The third kappa shape index (κ3) is 6.73. The highest BCUT2D eigenvalue weighted by atomic mass is 28.4. The van der Waals surface area contributed by atoms with E-state index in [1.807, 2.05) is 0 Å². The van der Waals surface area contributed by atoms with Crippen LogP contribution in [-0.2, 0) is 13.3 Å². The highest BCUT2D eigenvalue weighted by Gasteiger charge is 2.99. The second kappa shape index (κ2) is 13.4. The predicted molar refractivity (Wildman–Crippen MR) is 110 cm³/mol. The number of hydrogen-bond donors (Lipinski definition) is 0. The van der Waals surface area contributed by atoms with Crippen LogP contribution in [0.2, 0.25) is 0 Å². The molecule has 0 aromatic rings. The van der Waals surface area contributed by atoms with E-state index in [0.29, 0.717) is 20.8 Å². The van der Waals surface area contributed by atoms with Crippen molar-refractivity contribution >= 4 is 8.80 Å². The van der Waals surface area contributed by atoms with Crippen LogP contribution in [0.1, 0.15) is 33.6 Å². The zero-order valence-electron chi connectivity index (χ0n) is 23.7. The smallest absolute Gasteiger partial charge is 0.370 e. The van der Waals surface area contributed by atoms with E-state index in [-0.39, 0.29) is 0 Å². The van der Waals surface area contributed by atoms with Crippen LogP contribution >= 0.6 is 0 Å². The molecule has 0 N–H and O–H groups in total. The Balaban J connectivity index is 7.46. The van der Waals surface area contributed by atoms with Crippen LogP contribution in [0.4, 0.5) is 110 Å². The molecular weight excluding hydrogens is 791 g/mol. The topological polar surface area (TPSA) is 27.7 Å². The molecule has 0 fully saturated rings. The highest BCUT2D eigenvalue weighted by Crippen LogP contribution is 2.67. The normalized spacial score (nSPS) is 16.4. The summed E-state index contributed by atoms with van der Waals surface area (Å²) in [4.78, 5) is 0. The zero-order valence-corrected chi connectivity index (χ0v) is 24.7. The molecule has 296 valence electrons. The minimum atomic E-state index is -9.53. The first kappa shape index (κ1) is 47.3. The molecule has 49 heavy (non-hydrogen) atoms. The van der Waals surface area contributed by atoms with Gasteiger partial charge in [-0.2, -0.15) is 110 Å². The van der Waals surface area contributed by atoms with Gasteiger partial charge in [-0.15, -0.1) is 0 Å². The molecule has 0 atom stereocenters. The van der Waals surface area contributed by atoms with Gasteiger partial charge < -0.3 is 13.3 Å². The Kier molecular flexibility index (Phi) is 12.9. The molecule has 0 unspecified atom stereocenters. The van der Waals surface area contributed by atoms with E-state index in [2.05, 4.69) is 13.3 Å². The van der Waals surface area contributed by atoms with E-state index in [9.17, 15) is 110 Å². The van der Waals surface area contributed by atoms with Crippen molar-refractivity contribution in [3.63, 3.8) is 0 Å². The Hall–Kier alpha value is -1.65. The number of rotatable bonds is 19. The maximum Gasteiger partial charge on any atom is 0.582 e. The lowest BCUT2D eigenvalue weighted by molar-refractivity contribution is -0.473. The van der Waals surface area contributed by atoms with Crippen molar-refractivity contribution in [1.82, 2.24) is 0 Å². The fraction of sp³-hybridized carbons (Fsp3) is 1.00. The van der Waals surface area contributed by atoms with Gasteiger partial charge in [0.1, 0.15) is 0 Å². The van der Waals surface area contributed by atoms with E-state index in [0.717, 1.165) is 0 Å². The van der Waals surface area contributed by atoms with E-state index in [4.69, 9.17) is 0 Å². The zero-order chi connectivity index (χ0) is 40.2. The molecule has 0 radical (unpaired) electrons. The molecule has 0 aromatic heterocycles. The second-order valence-corrected chi connectivity index (χ2v) is 12.0. The van der Waals surface area contributed by atoms with E-state index < -0.39 is 112 Å². The fourth-order valence-corrected chi connectivity index (χ4v) is 5.90. The first-order valence-corrected chi connectivity index (χ1v) is 14.0. The van der Waals surface area contributed by atoms with Crippen molar-refractivity contribution < 1.29 is 123 Å². The summed E-state index contributed by atoms with van der Waals surface area (Å²) in [6.07, 6.45) is -13.2. The van der Waals surface area contributed by atoms with Crippen molar-refractivity contribution in [2.75, 3.05) is 19.8 Å². The molecule has 0 saturated carbocycles. The van der Waals surface area contributed by atoms with E-state index in [1.165, 1.54) is 0 Å². The molecular formula is C20H19F25O3Si. The molecule has 0 bridgehead atoms. The Morgan fingerprint density at radius 2 is 0.551 bits per heavy atom. The van der Waals surface area contributed by atoms with Crippen LogP contribution in [0.5, 0.6) is 0 Å². The van der Waals surface area contributed by atoms with Gasteiger partial charge in [0.15, 0.2) is 0 Å².